The van der Waals surface area contributed by atoms with Crippen molar-refractivity contribution >= 4 is 11.9 Å². The molecule has 0 unspecified atom stereocenters. The van der Waals surface area contributed by atoms with Crippen LogP contribution in [-0.2, 0) is 11.3 Å². The van der Waals surface area contributed by atoms with Gasteiger partial charge in [-0.1, -0.05) is 0 Å². The molecule has 0 spiro atoms. The molecule has 8 heteroatoms. The SMILES string of the molecule is COc1ccnc(N2CCC[C@@H](N(Cc3cncnc3)C(C)=O)CC2)n1. The van der Waals surface area contributed by atoms with E-state index < -0.39 is 0 Å². The van der Waals surface area contributed by atoms with E-state index >= 15 is 0 Å². The molecule has 8 nitrogen and oxygen atoms in total. The Morgan fingerprint density at radius 2 is 2.12 bits per heavy atom. The molecule has 0 aliphatic carbocycles. The van der Waals surface area contributed by atoms with Crippen molar-refractivity contribution in [2.75, 3.05) is 25.1 Å². The number of hydrogen-bond donors (Lipinski definition) is 0. The summed E-state index contributed by atoms with van der Waals surface area (Å²) in [4.78, 5) is 33.2. The highest BCUT2D eigenvalue weighted by atomic mass is 16.5. The minimum atomic E-state index is 0.0740. The van der Waals surface area contributed by atoms with E-state index in [0.29, 0.717) is 18.4 Å². The Morgan fingerprint density at radius 1 is 1.31 bits per heavy atom. The maximum absolute atomic E-state index is 12.2. The van der Waals surface area contributed by atoms with Gasteiger partial charge >= 0.3 is 0 Å². The largest absolute Gasteiger partial charge is 0.481 e. The third kappa shape index (κ3) is 4.44. The first-order chi connectivity index (χ1) is 12.7. The minimum Gasteiger partial charge on any atom is -0.481 e. The molecule has 1 atom stereocenters. The molecule has 1 amide bonds. The van der Waals surface area contributed by atoms with Gasteiger partial charge in [0, 0.05) is 62.8 Å². The molecule has 0 radical (unpaired) electrons. The summed E-state index contributed by atoms with van der Waals surface area (Å²) in [6, 6.07) is 1.92. The molecule has 1 saturated heterocycles. The summed E-state index contributed by atoms with van der Waals surface area (Å²) in [5.41, 5.74) is 0.944. The van der Waals surface area contributed by atoms with Crippen molar-refractivity contribution in [2.24, 2.45) is 0 Å². The maximum atomic E-state index is 12.2. The normalized spacial score (nSPS) is 17.5. The highest BCUT2D eigenvalue weighted by Crippen LogP contribution is 2.22. The summed E-state index contributed by atoms with van der Waals surface area (Å²) in [7, 11) is 1.60. The van der Waals surface area contributed by atoms with Gasteiger partial charge in [0.2, 0.25) is 17.7 Å². The van der Waals surface area contributed by atoms with Crippen LogP contribution >= 0.6 is 0 Å². The first-order valence-electron chi connectivity index (χ1n) is 8.80. The molecule has 1 aliphatic heterocycles. The first kappa shape index (κ1) is 18.0. The number of rotatable bonds is 5. The summed E-state index contributed by atoms with van der Waals surface area (Å²) >= 11 is 0. The molecule has 0 bridgehead atoms. The molecule has 0 N–H and O–H groups in total. The fourth-order valence-corrected chi connectivity index (χ4v) is 3.29. The summed E-state index contributed by atoms with van der Waals surface area (Å²) in [6.45, 7) is 3.82. The molecule has 3 heterocycles. The summed E-state index contributed by atoms with van der Waals surface area (Å²) in [5.74, 6) is 1.31. The lowest BCUT2D eigenvalue weighted by molar-refractivity contribution is -0.132. The number of methoxy groups -OCH3 is 1. The van der Waals surface area contributed by atoms with E-state index in [0.717, 1.165) is 37.9 Å². The Hall–Kier alpha value is -2.77. The van der Waals surface area contributed by atoms with Crippen LogP contribution in [0.1, 0.15) is 31.7 Å². The number of nitrogens with zero attached hydrogens (tertiary/aromatic N) is 6. The lowest BCUT2D eigenvalue weighted by atomic mass is 10.1. The van der Waals surface area contributed by atoms with Gasteiger partial charge < -0.3 is 14.5 Å². The van der Waals surface area contributed by atoms with Crippen molar-refractivity contribution in [1.82, 2.24) is 24.8 Å². The first-order valence-corrected chi connectivity index (χ1v) is 8.80. The van der Waals surface area contributed by atoms with Gasteiger partial charge in [-0.2, -0.15) is 4.98 Å². The van der Waals surface area contributed by atoms with Crippen molar-refractivity contribution in [3.8, 4) is 5.88 Å². The highest BCUT2D eigenvalue weighted by molar-refractivity contribution is 5.73. The molecule has 1 fully saturated rings. The Bertz CT molecular complexity index is 727. The van der Waals surface area contributed by atoms with Crippen LogP contribution in [-0.4, -0.2) is 57.0 Å². The van der Waals surface area contributed by atoms with Crippen LogP contribution in [0.3, 0.4) is 0 Å². The van der Waals surface area contributed by atoms with Crippen LogP contribution in [0, 0.1) is 0 Å². The average molecular weight is 356 g/mol. The number of hydrogen-bond acceptors (Lipinski definition) is 7. The molecule has 26 heavy (non-hydrogen) atoms. The van der Waals surface area contributed by atoms with Gasteiger partial charge in [-0.25, -0.2) is 15.0 Å². The minimum absolute atomic E-state index is 0.0740. The molecule has 3 rings (SSSR count). The number of carbonyl (C=O) groups is 1. The molecule has 0 aromatic carbocycles. The van der Waals surface area contributed by atoms with Crippen molar-refractivity contribution in [3.05, 3.63) is 36.5 Å². The van der Waals surface area contributed by atoms with Crippen LogP contribution in [0.5, 0.6) is 5.88 Å². The van der Waals surface area contributed by atoms with Gasteiger partial charge in [0.05, 0.1) is 7.11 Å². The van der Waals surface area contributed by atoms with E-state index in [1.165, 1.54) is 6.33 Å². The average Bonchev–Trinajstić information content (AvgIpc) is 2.93. The van der Waals surface area contributed by atoms with Crippen molar-refractivity contribution < 1.29 is 9.53 Å². The second-order valence-corrected chi connectivity index (χ2v) is 6.36. The zero-order valence-corrected chi connectivity index (χ0v) is 15.2. The number of carbonyl (C=O) groups excluding carboxylic acids is 1. The quantitative estimate of drug-likeness (QED) is 0.806. The van der Waals surface area contributed by atoms with E-state index in [4.69, 9.17) is 4.74 Å². The Balaban J connectivity index is 1.68. The monoisotopic (exact) mass is 356 g/mol. The van der Waals surface area contributed by atoms with Crippen molar-refractivity contribution in [3.63, 3.8) is 0 Å². The van der Waals surface area contributed by atoms with Gasteiger partial charge in [-0.3, -0.25) is 4.79 Å². The molecule has 0 saturated carbocycles. The maximum Gasteiger partial charge on any atom is 0.228 e. The third-order valence-electron chi connectivity index (χ3n) is 4.62. The standard InChI is InChI=1S/C18H24N6O2/c1-14(25)24(12-15-10-19-13-20-11-15)16-4-3-8-23(9-6-16)18-21-7-5-17(22-18)26-2/h5,7,10-11,13,16H,3-4,6,8-9,12H2,1-2H3/t16-/m1/s1. The Labute approximate surface area is 153 Å². The van der Waals surface area contributed by atoms with E-state index in [9.17, 15) is 4.79 Å². The fourth-order valence-electron chi connectivity index (χ4n) is 3.29. The van der Waals surface area contributed by atoms with E-state index in [1.807, 2.05) is 4.90 Å². The molecular weight excluding hydrogens is 332 g/mol. The molecule has 1 aliphatic rings. The topological polar surface area (TPSA) is 84.3 Å². The van der Waals surface area contributed by atoms with E-state index in [-0.39, 0.29) is 11.9 Å². The summed E-state index contributed by atoms with van der Waals surface area (Å²) < 4.78 is 5.19. The predicted octanol–water partition coefficient (Wildman–Crippen LogP) is 1.68. The third-order valence-corrected chi connectivity index (χ3v) is 4.62. The van der Waals surface area contributed by atoms with Crippen LogP contribution in [0.15, 0.2) is 31.0 Å². The number of ether oxygens (including phenoxy) is 1. The number of aromatic nitrogens is 4. The molecular formula is C18H24N6O2. The zero-order chi connectivity index (χ0) is 18.4. The summed E-state index contributed by atoms with van der Waals surface area (Å²) in [5, 5.41) is 0. The fraction of sp³-hybridized carbons (Fsp3) is 0.500. The summed E-state index contributed by atoms with van der Waals surface area (Å²) in [6.07, 6.45) is 9.52. The van der Waals surface area contributed by atoms with Gasteiger partial charge in [-0.15, -0.1) is 0 Å². The smallest absolute Gasteiger partial charge is 0.228 e. The van der Waals surface area contributed by atoms with E-state index in [2.05, 4.69) is 24.8 Å². The number of amides is 1. The lowest BCUT2D eigenvalue weighted by Crippen LogP contribution is -2.39. The molecule has 2 aromatic heterocycles. The Morgan fingerprint density at radius 3 is 2.85 bits per heavy atom. The Kier molecular flexibility index (Phi) is 5.93. The van der Waals surface area contributed by atoms with Crippen molar-refractivity contribution in [2.45, 2.75) is 38.8 Å². The second-order valence-electron chi connectivity index (χ2n) is 6.36. The van der Waals surface area contributed by atoms with Crippen molar-refractivity contribution in [1.29, 1.82) is 0 Å². The predicted molar refractivity (Wildman–Crippen MR) is 96.7 cm³/mol. The molecule has 2 aromatic rings. The highest BCUT2D eigenvalue weighted by Gasteiger charge is 2.25. The van der Waals surface area contributed by atoms with Gasteiger partial charge in [0.25, 0.3) is 0 Å². The second kappa shape index (κ2) is 8.55. The number of anilines is 1. The van der Waals surface area contributed by atoms with Gasteiger partial charge in [0.15, 0.2) is 0 Å². The van der Waals surface area contributed by atoms with Crippen LogP contribution in [0.4, 0.5) is 5.95 Å². The van der Waals surface area contributed by atoms with Crippen LogP contribution < -0.4 is 9.64 Å². The van der Waals surface area contributed by atoms with Crippen LogP contribution in [0.2, 0.25) is 0 Å². The van der Waals surface area contributed by atoms with E-state index in [1.54, 1.807) is 38.7 Å². The molecule has 138 valence electrons. The lowest BCUT2D eigenvalue weighted by Gasteiger charge is -2.30. The zero-order valence-electron chi connectivity index (χ0n) is 15.2. The van der Waals surface area contributed by atoms with Gasteiger partial charge in [0.1, 0.15) is 6.33 Å². The van der Waals surface area contributed by atoms with Gasteiger partial charge in [-0.05, 0) is 19.3 Å². The van der Waals surface area contributed by atoms with Crippen LogP contribution in [0.25, 0.3) is 0 Å².